The molecule has 0 fully saturated rings. The van der Waals surface area contributed by atoms with Gasteiger partial charge < -0.3 is 10.1 Å². The number of H-pyrrole nitrogens is 1. The van der Waals surface area contributed by atoms with Crippen LogP contribution in [0.15, 0.2) is 36.4 Å². The second-order valence-electron chi connectivity index (χ2n) is 5.65. The van der Waals surface area contributed by atoms with Gasteiger partial charge in [0.1, 0.15) is 11.6 Å². The maximum absolute atomic E-state index is 14.2. The van der Waals surface area contributed by atoms with Gasteiger partial charge in [0.05, 0.1) is 17.1 Å². The SMILES string of the molecule is Cc1cc(F)c2[nH]c(-c3ccc(F)cc3)c(C(C)C(=O)O)c2c1. The smallest absolute Gasteiger partial charge is 0.310 e. The summed E-state index contributed by atoms with van der Waals surface area (Å²) in [6.45, 7) is 3.31. The number of fused-ring (bicyclic) bond motifs is 1. The lowest BCUT2D eigenvalue weighted by molar-refractivity contribution is -0.138. The van der Waals surface area contributed by atoms with E-state index in [1.54, 1.807) is 32.0 Å². The van der Waals surface area contributed by atoms with Crippen molar-refractivity contribution in [3.63, 3.8) is 0 Å². The van der Waals surface area contributed by atoms with Crippen LogP contribution in [0, 0.1) is 18.6 Å². The Bertz CT molecular complexity index is 898. The summed E-state index contributed by atoms with van der Waals surface area (Å²) >= 11 is 0. The van der Waals surface area contributed by atoms with E-state index in [-0.39, 0.29) is 11.3 Å². The van der Waals surface area contributed by atoms with Crippen molar-refractivity contribution in [3.8, 4) is 11.3 Å². The van der Waals surface area contributed by atoms with Crippen molar-refractivity contribution in [3.05, 3.63) is 59.2 Å². The molecule has 118 valence electrons. The number of carboxylic acids is 1. The Balaban J connectivity index is 2.36. The van der Waals surface area contributed by atoms with Crippen molar-refractivity contribution in [2.24, 2.45) is 0 Å². The van der Waals surface area contributed by atoms with Gasteiger partial charge in [-0.3, -0.25) is 4.79 Å². The Morgan fingerprint density at radius 1 is 1.17 bits per heavy atom. The summed E-state index contributed by atoms with van der Waals surface area (Å²) in [4.78, 5) is 14.5. The quantitative estimate of drug-likeness (QED) is 0.741. The monoisotopic (exact) mass is 315 g/mol. The molecule has 0 aliphatic carbocycles. The Morgan fingerprint density at radius 3 is 2.43 bits per heavy atom. The second kappa shape index (κ2) is 5.50. The lowest BCUT2D eigenvalue weighted by atomic mass is 9.94. The first-order valence-electron chi connectivity index (χ1n) is 7.19. The zero-order valence-electron chi connectivity index (χ0n) is 12.7. The topological polar surface area (TPSA) is 53.1 Å². The van der Waals surface area contributed by atoms with Crippen molar-refractivity contribution in [1.82, 2.24) is 4.98 Å². The first kappa shape index (κ1) is 15.2. The van der Waals surface area contributed by atoms with Crippen LogP contribution in [0.4, 0.5) is 8.78 Å². The number of aliphatic carboxylic acids is 1. The van der Waals surface area contributed by atoms with Crippen molar-refractivity contribution in [2.75, 3.05) is 0 Å². The minimum absolute atomic E-state index is 0.262. The lowest BCUT2D eigenvalue weighted by Gasteiger charge is -2.10. The van der Waals surface area contributed by atoms with E-state index >= 15 is 0 Å². The van der Waals surface area contributed by atoms with Gasteiger partial charge in [0, 0.05) is 5.39 Å². The zero-order chi connectivity index (χ0) is 16.7. The summed E-state index contributed by atoms with van der Waals surface area (Å²) in [5.41, 5.74) is 2.58. The van der Waals surface area contributed by atoms with Crippen LogP contribution in [0.2, 0.25) is 0 Å². The molecule has 3 rings (SSSR count). The van der Waals surface area contributed by atoms with Crippen molar-refractivity contribution >= 4 is 16.9 Å². The molecule has 1 heterocycles. The summed E-state index contributed by atoms with van der Waals surface area (Å²) in [6, 6.07) is 8.82. The van der Waals surface area contributed by atoms with Crippen LogP contribution in [0.1, 0.15) is 24.0 Å². The minimum Gasteiger partial charge on any atom is -0.481 e. The third kappa shape index (κ3) is 2.59. The predicted molar refractivity (Wildman–Crippen MR) is 84.4 cm³/mol. The van der Waals surface area contributed by atoms with Crippen LogP contribution < -0.4 is 0 Å². The first-order valence-corrected chi connectivity index (χ1v) is 7.19. The number of rotatable bonds is 3. The number of halogens is 2. The summed E-state index contributed by atoms with van der Waals surface area (Å²) in [6.07, 6.45) is 0. The third-order valence-corrected chi connectivity index (χ3v) is 3.98. The molecule has 0 amide bonds. The van der Waals surface area contributed by atoms with Gasteiger partial charge >= 0.3 is 5.97 Å². The predicted octanol–water partition coefficient (Wildman–Crippen LogP) is 4.61. The van der Waals surface area contributed by atoms with Gasteiger partial charge in [-0.2, -0.15) is 0 Å². The number of aromatic nitrogens is 1. The van der Waals surface area contributed by atoms with Crippen molar-refractivity contribution in [2.45, 2.75) is 19.8 Å². The molecule has 1 aromatic heterocycles. The second-order valence-corrected chi connectivity index (χ2v) is 5.65. The molecule has 2 N–H and O–H groups in total. The van der Waals surface area contributed by atoms with E-state index < -0.39 is 17.7 Å². The highest BCUT2D eigenvalue weighted by Crippen LogP contribution is 2.37. The Kier molecular flexibility index (Phi) is 3.64. The number of nitrogens with one attached hydrogen (secondary N) is 1. The van der Waals surface area contributed by atoms with Crippen LogP contribution in [-0.2, 0) is 4.79 Å². The molecular formula is C18H15F2NO2. The Hall–Kier alpha value is -2.69. The highest BCUT2D eigenvalue weighted by atomic mass is 19.1. The first-order chi connectivity index (χ1) is 10.9. The number of carboxylic acid groups (broad SMARTS) is 1. The van der Waals surface area contributed by atoms with Gasteiger partial charge in [-0.15, -0.1) is 0 Å². The Labute approximate surface area is 131 Å². The largest absolute Gasteiger partial charge is 0.481 e. The number of carbonyl (C=O) groups is 1. The molecule has 0 saturated heterocycles. The minimum atomic E-state index is -1.00. The fraction of sp³-hybridized carbons (Fsp3) is 0.167. The highest BCUT2D eigenvalue weighted by Gasteiger charge is 2.24. The maximum atomic E-state index is 14.2. The molecule has 2 aromatic carbocycles. The number of hydrogen-bond donors (Lipinski definition) is 2. The molecule has 0 saturated carbocycles. The Morgan fingerprint density at radius 2 is 1.83 bits per heavy atom. The van der Waals surface area contributed by atoms with E-state index in [0.29, 0.717) is 27.8 Å². The van der Waals surface area contributed by atoms with Gasteiger partial charge in [-0.1, -0.05) is 0 Å². The van der Waals surface area contributed by atoms with E-state index in [0.717, 1.165) is 0 Å². The normalized spacial score (nSPS) is 12.5. The molecular weight excluding hydrogens is 300 g/mol. The molecule has 0 radical (unpaired) electrons. The molecule has 5 heteroatoms. The van der Waals surface area contributed by atoms with E-state index in [1.807, 2.05) is 0 Å². The zero-order valence-corrected chi connectivity index (χ0v) is 12.7. The van der Waals surface area contributed by atoms with Gasteiger partial charge in [-0.25, -0.2) is 8.78 Å². The molecule has 0 spiro atoms. The van der Waals surface area contributed by atoms with Crippen molar-refractivity contribution in [1.29, 1.82) is 0 Å². The van der Waals surface area contributed by atoms with Crippen LogP contribution in [0.5, 0.6) is 0 Å². The molecule has 0 aliphatic rings. The number of aryl methyl sites for hydroxylation is 1. The third-order valence-electron chi connectivity index (χ3n) is 3.98. The van der Waals surface area contributed by atoms with Gasteiger partial charge in [-0.05, 0) is 66.9 Å². The molecule has 1 atom stereocenters. The highest BCUT2D eigenvalue weighted by molar-refractivity contribution is 5.96. The van der Waals surface area contributed by atoms with Crippen LogP contribution in [-0.4, -0.2) is 16.1 Å². The van der Waals surface area contributed by atoms with E-state index in [9.17, 15) is 18.7 Å². The van der Waals surface area contributed by atoms with Gasteiger partial charge in [0.15, 0.2) is 0 Å². The van der Waals surface area contributed by atoms with Crippen LogP contribution in [0.25, 0.3) is 22.2 Å². The fourth-order valence-corrected chi connectivity index (χ4v) is 2.83. The van der Waals surface area contributed by atoms with Gasteiger partial charge in [0.2, 0.25) is 0 Å². The van der Waals surface area contributed by atoms with Crippen LogP contribution >= 0.6 is 0 Å². The lowest BCUT2D eigenvalue weighted by Crippen LogP contribution is -2.08. The summed E-state index contributed by atoms with van der Waals surface area (Å²) in [7, 11) is 0. The summed E-state index contributed by atoms with van der Waals surface area (Å²) in [5.74, 6) is -2.66. The number of aromatic amines is 1. The molecule has 0 aliphatic heterocycles. The summed E-state index contributed by atoms with van der Waals surface area (Å²) < 4.78 is 27.4. The van der Waals surface area contributed by atoms with Crippen LogP contribution in [0.3, 0.4) is 0 Å². The molecule has 1 unspecified atom stereocenters. The number of benzene rings is 2. The standard InChI is InChI=1S/C18H15F2NO2/c1-9-7-13-15(10(2)18(22)23)16(21-17(13)14(20)8-9)11-3-5-12(19)6-4-11/h3-8,10,21H,1-2H3,(H,22,23). The van der Waals surface area contributed by atoms with E-state index in [1.165, 1.54) is 18.2 Å². The molecule has 0 bridgehead atoms. The fourth-order valence-electron chi connectivity index (χ4n) is 2.83. The maximum Gasteiger partial charge on any atom is 0.310 e. The number of hydrogen-bond acceptors (Lipinski definition) is 1. The molecule has 3 aromatic rings. The van der Waals surface area contributed by atoms with E-state index in [2.05, 4.69) is 4.98 Å². The molecule has 3 nitrogen and oxygen atoms in total. The molecule has 23 heavy (non-hydrogen) atoms. The van der Waals surface area contributed by atoms with E-state index in [4.69, 9.17) is 0 Å². The summed E-state index contributed by atoms with van der Waals surface area (Å²) in [5, 5.41) is 9.94. The average Bonchev–Trinajstić information content (AvgIpc) is 2.86. The van der Waals surface area contributed by atoms with Gasteiger partial charge in [0.25, 0.3) is 0 Å². The average molecular weight is 315 g/mol. The van der Waals surface area contributed by atoms with Crippen molar-refractivity contribution < 1.29 is 18.7 Å².